The highest BCUT2D eigenvalue weighted by molar-refractivity contribution is 8.13. The van der Waals surface area contributed by atoms with Gasteiger partial charge in [0, 0.05) is 31.4 Å². The van der Waals surface area contributed by atoms with Crippen molar-refractivity contribution in [3.8, 4) is 0 Å². The van der Waals surface area contributed by atoms with Gasteiger partial charge in [0.1, 0.15) is 0 Å². The molecule has 1 amide bonds. The number of amides is 1. The predicted molar refractivity (Wildman–Crippen MR) is 75.9 cm³/mol. The maximum absolute atomic E-state index is 11.3. The second kappa shape index (κ2) is 6.06. The summed E-state index contributed by atoms with van der Waals surface area (Å²) in [5.74, 6) is -0.533. The van der Waals surface area contributed by atoms with Crippen LogP contribution in [0, 0.1) is 0 Å². The number of hydrogen-bond donors (Lipinski definition) is 2. The van der Waals surface area contributed by atoms with Gasteiger partial charge in [-0.15, -0.1) is 0 Å². The number of hydrogen-bond acceptors (Lipinski definition) is 5. The van der Waals surface area contributed by atoms with Crippen LogP contribution in [-0.4, -0.2) is 36.9 Å². The molecule has 0 spiro atoms. The fourth-order valence-corrected chi connectivity index (χ4v) is 2.13. The number of anilines is 1. The van der Waals surface area contributed by atoms with Crippen molar-refractivity contribution in [3.05, 3.63) is 23.8 Å². The number of nitrogens with two attached hydrogens (primary N) is 2. The minimum absolute atomic E-state index is 0.360. The second-order valence-corrected chi connectivity index (χ2v) is 4.40. The summed E-state index contributed by atoms with van der Waals surface area (Å²) in [6.07, 6.45) is 0. The van der Waals surface area contributed by atoms with Crippen molar-refractivity contribution < 1.29 is 4.79 Å². The van der Waals surface area contributed by atoms with E-state index in [1.165, 1.54) is 16.8 Å². The van der Waals surface area contributed by atoms with Crippen molar-refractivity contribution in [2.45, 2.75) is 4.90 Å². The lowest BCUT2D eigenvalue weighted by Gasteiger charge is -2.15. The Bertz CT molecular complexity index is 500. The van der Waals surface area contributed by atoms with E-state index in [2.05, 4.69) is 16.8 Å². The number of thioether (sulfide) groups is 1. The maximum atomic E-state index is 11.3. The van der Waals surface area contributed by atoms with Crippen molar-refractivity contribution in [1.29, 1.82) is 0 Å². The monoisotopic (exact) mass is 265 g/mol. The second-order valence-electron chi connectivity index (χ2n) is 3.39. The van der Waals surface area contributed by atoms with Crippen LogP contribution < -0.4 is 11.5 Å². The van der Waals surface area contributed by atoms with Crippen molar-refractivity contribution >= 4 is 35.2 Å². The van der Waals surface area contributed by atoms with Crippen molar-refractivity contribution in [2.75, 3.05) is 19.8 Å². The molecule has 0 aliphatic carbocycles. The molecule has 1 aromatic rings. The standard InChI is InChI=1S/C11H15N5OS/c1-14-11(16(3)15-2)18-9-5-4-7(12)6-8(9)10(13)17/h4-6H,2,12H2,1,3H3,(H2,13,17). The molecule has 6 nitrogen and oxygen atoms in total. The van der Waals surface area contributed by atoms with Gasteiger partial charge in [-0.05, 0) is 30.0 Å². The van der Waals surface area contributed by atoms with Gasteiger partial charge in [0.2, 0.25) is 5.91 Å². The van der Waals surface area contributed by atoms with Crippen LogP contribution in [0.3, 0.4) is 0 Å². The first-order valence-corrected chi connectivity index (χ1v) is 5.85. The molecule has 0 atom stereocenters. The Morgan fingerprint density at radius 3 is 2.67 bits per heavy atom. The normalized spacial score (nSPS) is 11.1. The predicted octanol–water partition coefficient (Wildman–Crippen LogP) is 0.993. The smallest absolute Gasteiger partial charge is 0.249 e. The summed E-state index contributed by atoms with van der Waals surface area (Å²) >= 11 is 1.27. The van der Waals surface area contributed by atoms with E-state index in [1.807, 2.05) is 0 Å². The van der Waals surface area contributed by atoms with Crippen molar-refractivity contribution in [3.63, 3.8) is 0 Å². The molecule has 96 valence electrons. The number of rotatable bonds is 3. The summed E-state index contributed by atoms with van der Waals surface area (Å²) in [6.45, 7) is 3.41. The quantitative estimate of drug-likeness (QED) is 0.280. The molecule has 0 aromatic heterocycles. The fourth-order valence-electron chi connectivity index (χ4n) is 1.24. The van der Waals surface area contributed by atoms with E-state index < -0.39 is 5.91 Å². The number of carbonyl (C=O) groups excluding carboxylic acids is 1. The zero-order chi connectivity index (χ0) is 13.7. The highest BCUT2D eigenvalue weighted by Gasteiger charge is 2.13. The third kappa shape index (κ3) is 3.24. The van der Waals surface area contributed by atoms with Gasteiger partial charge in [-0.25, -0.2) is 5.01 Å². The molecule has 0 radical (unpaired) electrons. The number of amidine groups is 1. The van der Waals surface area contributed by atoms with E-state index in [1.54, 1.807) is 32.3 Å². The lowest BCUT2D eigenvalue weighted by atomic mass is 10.2. The Morgan fingerprint density at radius 2 is 2.17 bits per heavy atom. The average Bonchev–Trinajstić information content (AvgIpc) is 2.36. The van der Waals surface area contributed by atoms with Gasteiger partial charge in [-0.1, -0.05) is 0 Å². The van der Waals surface area contributed by atoms with E-state index in [-0.39, 0.29) is 0 Å². The summed E-state index contributed by atoms with van der Waals surface area (Å²) in [6, 6.07) is 4.96. The van der Waals surface area contributed by atoms with Crippen LogP contribution in [0.15, 0.2) is 33.2 Å². The van der Waals surface area contributed by atoms with E-state index in [0.29, 0.717) is 21.3 Å². The molecule has 7 heteroatoms. The highest BCUT2D eigenvalue weighted by atomic mass is 32.2. The number of benzene rings is 1. The Labute approximate surface area is 110 Å². The summed E-state index contributed by atoms with van der Waals surface area (Å²) < 4.78 is 0. The van der Waals surface area contributed by atoms with Crippen LogP contribution in [0.1, 0.15) is 10.4 Å². The molecule has 0 saturated carbocycles. The molecule has 0 aliphatic rings. The van der Waals surface area contributed by atoms with E-state index in [0.717, 1.165) is 0 Å². The van der Waals surface area contributed by atoms with E-state index in [4.69, 9.17) is 11.5 Å². The van der Waals surface area contributed by atoms with Crippen LogP contribution in [-0.2, 0) is 0 Å². The molecular formula is C11H15N5OS. The zero-order valence-corrected chi connectivity index (χ0v) is 11.1. The fraction of sp³-hybridized carbons (Fsp3) is 0.182. The molecule has 4 N–H and O–H groups in total. The van der Waals surface area contributed by atoms with Crippen molar-refractivity contribution in [2.24, 2.45) is 15.8 Å². The minimum Gasteiger partial charge on any atom is -0.399 e. The van der Waals surface area contributed by atoms with Crippen LogP contribution in [0.5, 0.6) is 0 Å². The molecule has 0 heterocycles. The molecule has 0 fully saturated rings. The minimum atomic E-state index is -0.533. The number of primary amides is 1. The van der Waals surface area contributed by atoms with Crippen molar-refractivity contribution in [1.82, 2.24) is 5.01 Å². The first-order valence-electron chi connectivity index (χ1n) is 5.04. The molecule has 0 saturated heterocycles. The maximum Gasteiger partial charge on any atom is 0.249 e. The van der Waals surface area contributed by atoms with Gasteiger partial charge < -0.3 is 11.5 Å². The van der Waals surface area contributed by atoms with Gasteiger partial charge in [-0.2, -0.15) is 5.10 Å². The average molecular weight is 265 g/mol. The largest absolute Gasteiger partial charge is 0.399 e. The Morgan fingerprint density at radius 1 is 1.50 bits per heavy atom. The first-order chi connectivity index (χ1) is 8.49. The lowest BCUT2D eigenvalue weighted by Crippen LogP contribution is -2.19. The Hall–Kier alpha value is -2.02. The van der Waals surface area contributed by atoms with E-state index in [9.17, 15) is 4.79 Å². The van der Waals surface area contributed by atoms with Gasteiger partial charge in [0.15, 0.2) is 5.17 Å². The Kier molecular flexibility index (Phi) is 4.73. The van der Waals surface area contributed by atoms with Crippen LogP contribution in [0.25, 0.3) is 0 Å². The van der Waals surface area contributed by atoms with Gasteiger partial charge in [0.25, 0.3) is 0 Å². The molecule has 1 aromatic carbocycles. The SMILES string of the molecule is C=NN(C)C(=NC)Sc1ccc(N)cc1C(N)=O. The summed E-state index contributed by atoms with van der Waals surface area (Å²) in [7, 11) is 3.34. The number of hydrazone groups is 1. The Balaban J connectivity index is 3.11. The molecule has 18 heavy (non-hydrogen) atoms. The number of aliphatic imine (C=N–C) groups is 1. The van der Waals surface area contributed by atoms with Crippen LogP contribution in [0.2, 0.25) is 0 Å². The summed E-state index contributed by atoms with van der Waals surface area (Å²) in [5, 5.41) is 5.84. The number of carbonyl (C=O) groups is 1. The highest BCUT2D eigenvalue weighted by Crippen LogP contribution is 2.26. The lowest BCUT2D eigenvalue weighted by molar-refractivity contribution is 0.0997. The third-order valence-electron chi connectivity index (χ3n) is 2.15. The third-order valence-corrected chi connectivity index (χ3v) is 3.36. The molecule has 0 unspecified atom stereocenters. The molecule has 0 aliphatic heterocycles. The van der Waals surface area contributed by atoms with Gasteiger partial charge in [0.05, 0.1) is 5.56 Å². The molecule has 1 rings (SSSR count). The molecule has 0 bridgehead atoms. The van der Waals surface area contributed by atoms with E-state index >= 15 is 0 Å². The number of nitrogens with zero attached hydrogens (tertiary/aromatic N) is 3. The summed E-state index contributed by atoms with van der Waals surface area (Å²) in [5.41, 5.74) is 11.8. The number of nitrogen functional groups attached to an aromatic ring is 1. The van der Waals surface area contributed by atoms with Crippen LogP contribution in [0.4, 0.5) is 5.69 Å². The van der Waals surface area contributed by atoms with Crippen LogP contribution >= 0.6 is 11.8 Å². The van der Waals surface area contributed by atoms with Gasteiger partial charge in [-0.3, -0.25) is 9.79 Å². The molecular weight excluding hydrogens is 250 g/mol. The zero-order valence-electron chi connectivity index (χ0n) is 10.3. The summed E-state index contributed by atoms with van der Waals surface area (Å²) in [4.78, 5) is 16.1. The first kappa shape index (κ1) is 14.0. The topological polar surface area (TPSA) is 97.1 Å². The van der Waals surface area contributed by atoms with Gasteiger partial charge >= 0.3 is 0 Å².